The van der Waals surface area contributed by atoms with Crippen LogP contribution in [0.5, 0.6) is 11.5 Å². The number of ether oxygens (including phenoxy) is 2. The highest BCUT2D eigenvalue weighted by Gasteiger charge is 2.15. The average Bonchev–Trinajstić information content (AvgIpc) is 2.82. The lowest BCUT2D eigenvalue weighted by Gasteiger charge is -2.18. The highest BCUT2D eigenvalue weighted by molar-refractivity contribution is 6.03. The Balaban J connectivity index is 1.34. The molecular weight excluding hydrogens is 392 g/mol. The van der Waals surface area contributed by atoms with Crippen molar-refractivity contribution in [3.63, 3.8) is 0 Å². The number of carbonyl (C=O) groups is 2. The second kappa shape index (κ2) is 9.80. The minimum absolute atomic E-state index is 0.154. The second-order valence-electron chi connectivity index (χ2n) is 7.24. The van der Waals surface area contributed by atoms with E-state index in [9.17, 15) is 9.59 Å². The molecule has 6 nitrogen and oxygen atoms in total. The molecule has 158 valence electrons. The van der Waals surface area contributed by atoms with Crippen LogP contribution in [0.2, 0.25) is 0 Å². The summed E-state index contributed by atoms with van der Waals surface area (Å²) in [6.45, 7) is 1.50. The Morgan fingerprint density at radius 3 is 2.39 bits per heavy atom. The molecule has 1 aliphatic rings. The molecular formula is C25H24N2O4. The SMILES string of the molecule is O=C(CCc1ccc2c(c1)OCCO2)Nc1ccccc1C(=O)NCc1ccccc1. The third kappa shape index (κ3) is 5.42. The van der Waals surface area contributed by atoms with Crippen molar-refractivity contribution in [1.29, 1.82) is 0 Å². The molecule has 6 heteroatoms. The first kappa shape index (κ1) is 20.5. The molecule has 3 aromatic rings. The Morgan fingerprint density at radius 2 is 1.55 bits per heavy atom. The Hall–Kier alpha value is -3.80. The predicted octanol–water partition coefficient (Wildman–Crippen LogP) is 3.96. The number of benzene rings is 3. The topological polar surface area (TPSA) is 76.7 Å². The maximum atomic E-state index is 12.6. The summed E-state index contributed by atoms with van der Waals surface area (Å²) >= 11 is 0. The Bertz CT molecular complexity index is 1070. The number of amides is 2. The van der Waals surface area contributed by atoms with Crippen LogP contribution in [0.25, 0.3) is 0 Å². The van der Waals surface area contributed by atoms with Crippen LogP contribution in [0.3, 0.4) is 0 Å². The molecule has 0 unspecified atom stereocenters. The summed E-state index contributed by atoms with van der Waals surface area (Å²) in [6.07, 6.45) is 0.852. The molecule has 3 aromatic carbocycles. The quantitative estimate of drug-likeness (QED) is 0.611. The average molecular weight is 416 g/mol. The van der Waals surface area contributed by atoms with E-state index in [0.29, 0.717) is 49.6 Å². The monoisotopic (exact) mass is 416 g/mol. The van der Waals surface area contributed by atoms with Crippen LogP contribution in [0.4, 0.5) is 5.69 Å². The molecule has 0 fully saturated rings. The van der Waals surface area contributed by atoms with Gasteiger partial charge in [-0.2, -0.15) is 0 Å². The summed E-state index contributed by atoms with van der Waals surface area (Å²) in [7, 11) is 0. The molecule has 31 heavy (non-hydrogen) atoms. The second-order valence-corrected chi connectivity index (χ2v) is 7.24. The van der Waals surface area contributed by atoms with E-state index in [-0.39, 0.29) is 11.8 Å². The zero-order chi connectivity index (χ0) is 21.5. The molecule has 4 rings (SSSR count). The molecule has 0 spiro atoms. The van der Waals surface area contributed by atoms with Gasteiger partial charge in [-0.25, -0.2) is 0 Å². The van der Waals surface area contributed by atoms with E-state index in [0.717, 1.165) is 16.9 Å². The lowest BCUT2D eigenvalue weighted by Crippen LogP contribution is -2.25. The molecule has 1 aliphatic heterocycles. The molecule has 1 heterocycles. The van der Waals surface area contributed by atoms with E-state index < -0.39 is 0 Å². The summed E-state index contributed by atoms with van der Waals surface area (Å²) in [5.41, 5.74) is 2.94. The van der Waals surface area contributed by atoms with Crippen molar-refractivity contribution in [1.82, 2.24) is 5.32 Å². The highest BCUT2D eigenvalue weighted by atomic mass is 16.6. The smallest absolute Gasteiger partial charge is 0.253 e. The third-order valence-corrected chi connectivity index (χ3v) is 4.99. The lowest BCUT2D eigenvalue weighted by molar-refractivity contribution is -0.116. The van der Waals surface area contributed by atoms with Crippen molar-refractivity contribution < 1.29 is 19.1 Å². The van der Waals surface area contributed by atoms with Crippen LogP contribution in [0, 0.1) is 0 Å². The van der Waals surface area contributed by atoms with Gasteiger partial charge in [0.1, 0.15) is 13.2 Å². The minimum Gasteiger partial charge on any atom is -0.486 e. The molecule has 2 N–H and O–H groups in total. The molecule has 0 radical (unpaired) electrons. The van der Waals surface area contributed by atoms with Gasteiger partial charge in [-0.3, -0.25) is 9.59 Å². The third-order valence-electron chi connectivity index (χ3n) is 4.99. The van der Waals surface area contributed by atoms with Crippen LogP contribution in [0.1, 0.15) is 27.9 Å². The van der Waals surface area contributed by atoms with Crippen LogP contribution >= 0.6 is 0 Å². The molecule has 0 aromatic heterocycles. The van der Waals surface area contributed by atoms with Crippen molar-refractivity contribution >= 4 is 17.5 Å². The van der Waals surface area contributed by atoms with Crippen molar-refractivity contribution in [2.24, 2.45) is 0 Å². The fourth-order valence-corrected chi connectivity index (χ4v) is 3.38. The van der Waals surface area contributed by atoms with Gasteiger partial charge in [0, 0.05) is 13.0 Å². The van der Waals surface area contributed by atoms with Gasteiger partial charge in [-0.05, 0) is 41.8 Å². The normalized spacial score (nSPS) is 12.1. The summed E-state index contributed by atoms with van der Waals surface area (Å²) in [4.78, 5) is 25.2. The van der Waals surface area contributed by atoms with E-state index in [1.54, 1.807) is 24.3 Å². The number of carbonyl (C=O) groups excluding carboxylic acids is 2. The predicted molar refractivity (Wildman–Crippen MR) is 118 cm³/mol. The number of rotatable bonds is 7. The molecule has 2 amide bonds. The maximum Gasteiger partial charge on any atom is 0.253 e. The number of aryl methyl sites for hydroxylation is 1. The van der Waals surface area contributed by atoms with Gasteiger partial charge in [0.15, 0.2) is 11.5 Å². The maximum absolute atomic E-state index is 12.6. The zero-order valence-corrected chi connectivity index (χ0v) is 17.1. The van der Waals surface area contributed by atoms with Gasteiger partial charge < -0.3 is 20.1 Å². The molecule has 0 saturated heterocycles. The lowest BCUT2D eigenvalue weighted by atomic mass is 10.1. The number of para-hydroxylation sites is 1. The minimum atomic E-state index is -0.230. The molecule has 0 bridgehead atoms. The largest absolute Gasteiger partial charge is 0.486 e. The summed E-state index contributed by atoms with van der Waals surface area (Å²) < 4.78 is 11.1. The van der Waals surface area contributed by atoms with Crippen molar-refractivity contribution in [2.75, 3.05) is 18.5 Å². The first-order valence-electron chi connectivity index (χ1n) is 10.3. The standard InChI is InChI=1S/C25H24N2O4/c28-24(13-11-18-10-12-22-23(16-18)31-15-14-30-22)27-21-9-5-4-8-20(21)25(29)26-17-19-6-2-1-3-7-19/h1-10,12,16H,11,13-15,17H2,(H,26,29)(H,27,28). The van der Waals surface area contributed by atoms with Crippen molar-refractivity contribution in [3.8, 4) is 11.5 Å². The zero-order valence-electron chi connectivity index (χ0n) is 17.1. The van der Waals surface area contributed by atoms with E-state index in [1.807, 2.05) is 48.5 Å². The Kier molecular flexibility index (Phi) is 6.47. The first-order valence-corrected chi connectivity index (χ1v) is 10.3. The van der Waals surface area contributed by atoms with Gasteiger partial charge in [0.25, 0.3) is 5.91 Å². The summed E-state index contributed by atoms with van der Waals surface area (Å²) in [5, 5.41) is 5.77. The molecule has 0 atom stereocenters. The fraction of sp³-hybridized carbons (Fsp3) is 0.200. The van der Waals surface area contributed by atoms with Crippen molar-refractivity contribution in [3.05, 3.63) is 89.5 Å². The number of fused-ring (bicyclic) bond motifs is 1. The van der Waals surface area contributed by atoms with Crippen LogP contribution in [-0.2, 0) is 17.8 Å². The van der Waals surface area contributed by atoms with E-state index in [2.05, 4.69) is 10.6 Å². The van der Waals surface area contributed by atoms with Crippen molar-refractivity contribution in [2.45, 2.75) is 19.4 Å². The van der Waals surface area contributed by atoms with Crippen LogP contribution < -0.4 is 20.1 Å². The van der Waals surface area contributed by atoms with E-state index >= 15 is 0 Å². The highest BCUT2D eigenvalue weighted by Crippen LogP contribution is 2.31. The Morgan fingerprint density at radius 1 is 0.806 bits per heavy atom. The number of hydrogen-bond acceptors (Lipinski definition) is 4. The van der Waals surface area contributed by atoms with Gasteiger partial charge in [0.05, 0.1) is 11.3 Å². The van der Waals surface area contributed by atoms with E-state index in [1.165, 1.54) is 0 Å². The fourth-order valence-electron chi connectivity index (χ4n) is 3.38. The van der Waals surface area contributed by atoms with Gasteiger partial charge in [0.2, 0.25) is 5.91 Å². The number of nitrogens with one attached hydrogen (secondary N) is 2. The van der Waals surface area contributed by atoms with Gasteiger partial charge in [-0.1, -0.05) is 48.5 Å². The summed E-state index contributed by atoms with van der Waals surface area (Å²) in [6, 6.07) is 22.4. The van der Waals surface area contributed by atoms with Crippen LogP contribution in [0.15, 0.2) is 72.8 Å². The first-order chi connectivity index (χ1) is 15.2. The number of hydrogen-bond donors (Lipinski definition) is 2. The van der Waals surface area contributed by atoms with E-state index in [4.69, 9.17) is 9.47 Å². The summed E-state index contributed by atoms with van der Waals surface area (Å²) in [5.74, 6) is 1.06. The van der Waals surface area contributed by atoms with Gasteiger partial charge in [-0.15, -0.1) is 0 Å². The van der Waals surface area contributed by atoms with Gasteiger partial charge >= 0.3 is 0 Å². The molecule has 0 saturated carbocycles. The Labute approximate surface area is 181 Å². The van der Waals surface area contributed by atoms with Crippen LogP contribution in [-0.4, -0.2) is 25.0 Å². The number of anilines is 1. The molecule has 0 aliphatic carbocycles.